The number of H-pyrrole nitrogens is 1. The van der Waals surface area contributed by atoms with Gasteiger partial charge in [0, 0.05) is 29.8 Å². The zero-order valence-electron chi connectivity index (χ0n) is 15.5. The maximum atomic E-state index is 13.3. The summed E-state index contributed by atoms with van der Waals surface area (Å²) in [5.74, 6) is -0.715. The number of carbonyl (C=O) groups is 1. The number of aryl methyl sites for hydroxylation is 1. The van der Waals surface area contributed by atoms with Crippen LogP contribution >= 0.6 is 0 Å². The fraction of sp³-hybridized carbons (Fsp3) is 0.429. The van der Waals surface area contributed by atoms with Crippen LogP contribution in [0, 0.1) is 5.82 Å². The molecule has 1 unspecified atom stereocenters. The van der Waals surface area contributed by atoms with Crippen molar-refractivity contribution in [1.82, 2.24) is 15.6 Å². The zero-order chi connectivity index (χ0) is 19.7. The van der Waals surface area contributed by atoms with E-state index in [1.807, 2.05) is 0 Å². The Labute approximate surface area is 162 Å². The van der Waals surface area contributed by atoms with E-state index in [4.69, 9.17) is 0 Å². The molecule has 1 aliphatic carbocycles. The first-order chi connectivity index (χ1) is 13.5. The number of aliphatic hydroxyl groups excluding tert-OH is 1. The molecule has 1 aliphatic heterocycles. The van der Waals surface area contributed by atoms with Crippen LogP contribution in [-0.4, -0.2) is 35.1 Å². The second-order valence-electron chi connectivity index (χ2n) is 7.58. The van der Waals surface area contributed by atoms with Crippen molar-refractivity contribution in [2.24, 2.45) is 0 Å². The molecule has 1 fully saturated rings. The van der Waals surface area contributed by atoms with Crippen molar-refractivity contribution in [2.75, 3.05) is 13.1 Å². The fourth-order valence-electron chi connectivity index (χ4n) is 4.25. The molecular weight excluding hydrogens is 361 g/mol. The average Bonchev–Trinajstić information content (AvgIpc) is 2.69. The fourth-order valence-corrected chi connectivity index (χ4v) is 4.25. The second-order valence-corrected chi connectivity index (χ2v) is 7.58. The molecule has 28 heavy (non-hydrogen) atoms. The summed E-state index contributed by atoms with van der Waals surface area (Å²) >= 11 is 0. The number of pyridine rings is 1. The number of hydrogen-bond acceptors (Lipinski definition) is 4. The third kappa shape index (κ3) is 3.72. The van der Waals surface area contributed by atoms with Crippen molar-refractivity contribution < 1.29 is 14.3 Å². The minimum absolute atomic E-state index is 0.0168. The lowest BCUT2D eigenvalue weighted by atomic mass is 9.86. The predicted octanol–water partition coefficient (Wildman–Crippen LogP) is 1.76. The molecular formula is C21H24FN3O3. The first-order valence-electron chi connectivity index (χ1n) is 9.74. The maximum Gasteiger partial charge on any atom is 0.261 e. The molecule has 4 rings (SSSR count). The Bertz CT molecular complexity index is 925. The van der Waals surface area contributed by atoms with E-state index in [1.165, 1.54) is 18.2 Å². The smallest absolute Gasteiger partial charge is 0.261 e. The van der Waals surface area contributed by atoms with Gasteiger partial charge in [0.15, 0.2) is 0 Å². The third-order valence-electron chi connectivity index (χ3n) is 5.76. The van der Waals surface area contributed by atoms with Crippen molar-refractivity contribution in [3.8, 4) is 0 Å². The molecule has 4 N–H and O–H groups in total. The van der Waals surface area contributed by atoms with Crippen LogP contribution in [0.2, 0.25) is 0 Å². The third-order valence-corrected chi connectivity index (χ3v) is 5.76. The Morgan fingerprint density at radius 1 is 1.21 bits per heavy atom. The van der Waals surface area contributed by atoms with Gasteiger partial charge in [-0.3, -0.25) is 9.59 Å². The number of halogens is 1. The van der Waals surface area contributed by atoms with Gasteiger partial charge in [0.2, 0.25) is 0 Å². The Morgan fingerprint density at radius 2 is 2.00 bits per heavy atom. The summed E-state index contributed by atoms with van der Waals surface area (Å²) in [6.07, 6.45) is 2.27. The lowest BCUT2D eigenvalue weighted by molar-refractivity contribution is 0.0922. The molecule has 1 amide bonds. The van der Waals surface area contributed by atoms with E-state index < -0.39 is 17.6 Å². The number of aromatic amines is 1. The van der Waals surface area contributed by atoms with Crippen molar-refractivity contribution in [1.29, 1.82) is 0 Å². The number of amides is 1. The summed E-state index contributed by atoms with van der Waals surface area (Å²) in [4.78, 5) is 28.0. The molecule has 0 radical (unpaired) electrons. The van der Waals surface area contributed by atoms with E-state index in [0.29, 0.717) is 30.6 Å². The SMILES string of the molecule is O=C(N[C@@H]1CNCC[C@@H]1c1ccc(F)cc1)c1cc2c([nH]c1=O)CCCC2O. The van der Waals surface area contributed by atoms with Gasteiger partial charge in [-0.25, -0.2) is 4.39 Å². The Morgan fingerprint density at radius 3 is 2.79 bits per heavy atom. The number of nitrogens with one attached hydrogen (secondary N) is 3. The summed E-state index contributed by atoms with van der Waals surface area (Å²) < 4.78 is 13.3. The first-order valence-corrected chi connectivity index (χ1v) is 9.74. The van der Waals surface area contributed by atoms with E-state index in [0.717, 1.165) is 24.9 Å². The monoisotopic (exact) mass is 385 g/mol. The highest BCUT2D eigenvalue weighted by Gasteiger charge is 2.29. The number of piperidine rings is 1. The molecule has 2 aliphatic rings. The van der Waals surface area contributed by atoms with Gasteiger partial charge in [-0.2, -0.15) is 0 Å². The molecule has 0 bridgehead atoms. The molecule has 0 saturated carbocycles. The van der Waals surface area contributed by atoms with Crippen molar-refractivity contribution >= 4 is 5.91 Å². The molecule has 1 aromatic carbocycles. The molecule has 2 aromatic rings. The molecule has 1 saturated heterocycles. The van der Waals surface area contributed by atoms with E-state index in [1.54, 1.807) is 12.1 Å². The molecule has 3 atom stereocenters. The number of aromatic nitrogens is 1. The van der Waals surface area contributed by atoms with E-state index in [2.05, 4.69) is 15.6 Å². The van der Waals surface area contributed by atoms with Crippen LogP contribution < -0.4 is 16.2 Å². The van der Waals surface area contributed by atoms with Crippen LogP contribution in [-0.2, 0) is 6.42 Å². The zero-order valence-corrected chi connectivity index (χ0v) is 15.5. The van der Waals surface area contributed by atoms with Crippen molar-refractivity contribution in [3.05, 3.63) is 68.9 Å². The van der Waals surface area contributed by atoms with Gasteiger partial charge >= 0.3 is 0 Å². The van der Waals surface area contributed by atoms with Crippen molar-refractivity contribution in [3.63, 3.8) is 0 Å². The second kappa shape index (κ2) is 7.85. The average molecular weight is 385 g/mol. The highest BCUT2D eigenvalue weighted by Crippen LogP contribution is 2.29. The van der Waals surface area contributed by atoms with E-state index in [9.17, 15) is 19.1 Å². The summed E-state index contributed by atoms with van der Waals surface area (Å²) in [6, 6.07) is 7.64. The largest absolute Gasteiger partial charge is 0.388 e. The summed E-state index contributed by atoms with van der Waals surface area (Å²) in [5.41, 5.74) is 1.88. The minimum Gasteiger partial charge on any atom is -0.388 e. The number of rotatable bonds is 3. The molecule has 148 valence electrons. The quantitative estimate of drug-likeness (QED) is 0.648. The summed E-state index contributed by atoms with van der Waals surface area (Å²) in [6.45, 7) is 1.37. The lowest BCUT2D eigenvalue weighted by Crippen LogP contribution is -2.50. The summed E-state index contributed by atoms with van der Waals surface area (Å²) in [5, 5.41) is 16.4. The molecule has 0 spiro atoms. The van der Waals surface area contributed by atoms with Crippen LogP contribution in [0.15, 0.2) is 35.1 Å². The van der Waals surface area contributed by atoms with Gasteiger partial charge in [0.25, 0.3) is 11.5 Å². The minimum atomic E-state index is -0.657. The van der Waals surface area contributed by atoms with Gasteiger partial charge in [0.05, 0.1) is 6.10 Å². The van der Waals surface area contributed by atoms with Gasteiger partial charge in [0.1, 0.15) is 11.4 Å². The van der Waals surface area contributed by atoms with Gasteiger partial charge < -0.3 is 20.7 Å². The number of carbonyl (C=O) groups excluding carboxylic acids is 1. The Kier molecular flexibility index (Phi) is 5.28. The highest BCUT2D eigenvalue weighted by atomic mass is 19.1. The van der Waals surface area contributed by atoms with Crippen LogP contribution in [0.4, 0.5) is 4.39 Å². The van der Waals surface area contributed by atoms with Crippen LogP contribution in [0.25, 0.3) is 0 Å². The van der Waals surface area contributed by atoms with Crippen molar-refractivity contribution in [2.45, 2.75) is 43.7 Å². The number of benzene rings is 1. The topological polar surface area (TPSA) is 94.2 Å². The van der Waals surface area contributed by atoms with Gasteiger partial charge in [-0.15, -0.1) is 0 Å². The van der Waals surface area contributed by atoms with E-state index in [-0.39, 0.29) is 23.3 Å². The Balaban J connectivity index is 1.57. The number of hydrogen-bond donors (Lipinski definition) is 4. The standard InChI is InChI=1S/C21H24FN3O3/c22-13-6-4-12(5-7-13)14-8-9-23-11-18(14)25-21(28)16-10-15-17(24-20(16)27)2-1-3-19(15)26/h4-7,10,14,18-19,23,26H,1-3,8-9,11H2,(H,24,27)(H,25,28)/t14-,18-,19?/m1/s1. The van der Waals surface area contributed by atoms with E-state index >= 15 is 0 Å². The lowest BCUT2D eigenvalue weighted by Gasteiger charge is -2.33. The Hall–Kier alpha value is -2.51. The van der Waals surface area contributed by atoms with Crippen LogP contribution in [0.5, 0.6) is 0 Å². The maximum absolute atomic E-state index is 13.3. The van der Waals surface area contributed by atoms with Gasteiger partial charge in [-0.05, 0) is 56.0 Å². The molecule has 2 heterocycles. The molecule has 1 aromatic heterocycles. The summed E-state index contributed by atoms with van der Waals surface area (Å²) in [7, 11) is 0. The first kappa shape index (κ1) is 18.8. The molecule has 6 nitrogen and oxygen atoms in total. The van der Waals surface area contributed by atoms with Gasteiger partial charge in [-0.1, -0.05) is 12.1 Å². The number of aliphatic hydroxyl groups is 1. The highest BCUT2D eigenvalue weighted by molar-refractivity contribution is 5.94. The van der Waals surface area contributed by atoms with Crippen LogP contribution in [0.1, 0.15) is 58.5 Å². The van der Waals surface area contributed by atoms with Crippen LogP contribution in [0.3, 0.4) is 0 Å². The predicted molar refractivity (Wildman–Crippen MR) is 103 cm³/mol. The molecule has 7 heteroatoms. The normalized spacial score (nSPS) is 24.4. The number of fused-ring (bicyclic) bond motifs is 1.